The Kier molecular flexibility index (Phi) is 2.34. The van der Waals surface area contributed by atoms with Gasteiger partial charge < -0.3 is 9.97 Å². The van der Waals surface area contributed by atoms with Gasteiger partial charge in [-0.05, 0) is 12.1 Å². The van der Waals surface area contributed by atoms with Gasteiger partial charge in [0.25, 0.3) is 0 Å². The minimum absolute atomic E-state index is 0.310. The van der Waals surface area contributed by atoms with Crippen molar-refractivity contribution in [1.82, 2.24) is 9.97 Å². The lowest BCUT2D eigenvalue weighted by Crippen LogP contribution is -1.98. The Hall–Kier alpha value is -2.62. The molecule has 3 rings (SSSR count). The van der Waals surface area contributed by atoms with E-state index in [2.05, 4.69) is 9.97 Å². The fraction of sp³-hybridized carbons (Fsp3) is 0. The van der Waals surface area contributed by atoms with Crippen LogP contribution in [-0.2, 0) is 4.79 Å². The number of aromatic nitrogens is 2. The van der Waals surface area contributed by atoms with Gasteiger partial charge in [-0.2, -0.15) is 0 Å². The van der Waals surface area contributed by atoms with Crippen LogP contribution in [-0.4, -0.2) is 22.0 Å². The molecule has 2 N–H and O–H groups in total. The van der Waals surface area contributed by atoms with E-state index in [9.17, 15) is 9.59 Å². The molecule has 0 aliphatic heterocycles. The molecule has 2 heterocycles. The highest BCUT2D eigenvalue weighted by molar-refractivity contribution is 6.32. The van der Waals surface area contributed by atoms with Gasteiger partial charge in [0.1, 0.15) is 0 Å². The summed E-state index contributed by atoms with van der Waals surface area (Å²) in [5.41, 5.74) is 3.24. The van der Waals surface area contributed by atoms with Crippen molar-refractivity contribution >= 4 is 23.0 Å². The summed E-state index contributed by atoms with van der Waals surface area (Å²) in [7, 11) is 0. The summed E-state index contributed by atoms with van der Waals surface area (Å²) in [6.45, 7) is 0. The zero-order valence-electron chi connectivity index (χ0n) is 9.44. The maximum atomic E-state index is 11.3. The van der Waals surface area contributed by atoms with Gasteiger partial charge in [-0.15, -0.1) is 0 Å². The number of aromatic amines is 2. The lowest BCUT2D eigenvalue weighted by atomic mass is 10.1. The van der Waals surface area contributed by atoms with E-state index in [0.717, 1.165) is 22.0 Å². The van der Waals surface area contributed by atoms with E-state index in [1.807, 2.05) is 30.5 Å². The lowest BCUT2D eigenvalue weighted by molar-refractivity contribution is -0.104. The second-order valence-electron chi connectivity index (χ2n) is 4.03. The van der Waals surface area contributed by atoms with Crippen LogP contribution in [0.4, 0.5) is 0 Å². The molecule has 0 fully saturated rings. The molecule has 0 saturated heterocycles. The summed E-state index contributed by atoms with van der Waals surface area (Å²) in [6, 6.07) is 9.61. The van der Waals surface area contributed by atoms with Crippen LogP contribution in [0, 0.1) is 0 Å². The van der Waals surface area contributed by atoms with Gasteiger partial charge in [0.15, 0.2) is 6.29 Å². The number of fused-ring (bicyclic) bond motifs is 1. The molecular weight excluding hydrogens is 228 g/mol. The second-order valence-corrected chi connectivity index (χ2v) is 4.03. The SMILES string of the molecule is O=CC(=O)c1cc(-c2c[nH]c3ccccc23)c[nH]1. The standard InChI is InChI=1S/C14H10N2O2/c17-8-14(18)13-5-9(6-15-13)11-7-16-12-4-2-1-3-10(11)12/h1-8,15-16H. The van der Waals surface area contributed by atoms with Crippen molar-refractivity contribution in [3.63, 3.8) is 0 Å². The average molecular weight is 238 g/mol. The predicted molar refractivity (Wildman–Crippen MR) is 68.5 cm³/mol. The molecule has 4 nitrogen and oxygen atoms in total. The minimum Gasteiger partial charge on any atom is -0.361 e. The van der Waals surface area contributed by atoms with Gasteiger partial charge >= 0.3 is 0 Å². The quantitative estimate of drug-likeness (QED) is 0.418. The minimum atomic E-state index is -0.541. The van der Waals surface area contributed by atoms with Crippen LogP contribution in [0.5, 0.6) is 0 Å². The van der Waals surface area contributed by atoms with Crippen molar-refractivity contribution < 1.29 is 9.59 Å². The van der Waals surface area contributed by atoms with Gasteiger partial charge in [0, 0.05) is 34.4 Å². The second kappa shape index (κ2) is 4.00. The van der Waals surface area contributed by atoms with Crippen molar-refractivity contribution in [3.8, 4) is 11.1 Å². The average Bonchev–Trinajstić information content (AvgIpc) is 3.03. The molecule has 2 aromatic heterocycles. The van der Waals surface area contributed by atoms with Crippen LogP contribution >= 0.6 is 0 Å². The topological polar surface area (TPSA) is 65.7 Å². The number of carbonyl (C=O) groups is 2. The molecule has 0 bridgehead atoms. The molecule has 0 aliphatic rings. The molecule has 0 aliphatic carbocycles. The molecule has 0 amide bonds. The molecule has 18 heavy (non-hydrogen) atoms. The van der Waals surface area contributed by atoms with Crippen LogP contribution in [0.3, 0.4) is 0 Å². The number of hydrogen-bond donors (Lipinski definition) is 2. The third-order valence-corrected chi connectivity index (χ3v) is 2.96. The Balaban J connectivity index is 2.12. The molecule has 0 spiro atoms. The van der Waals surface area contributed by atoms with E-state index >= 15 is 0 Å². The largest absolute Gasteiger partial charge is 0.361 e. The molecule has 0 unspecified atom stereocenters. The highest BCUT2D eigenvalue weighted by Crippen LogP contribution is 2.28. The van der Waals surface area contributed by atoms with E-state index in [1.54, 1.807) is 12.3 Å². The third-order valence-electron chi connectivity index (χ3n) is 2.96. The fourth-order valence-electron chi connectivity index (χ4n) is 2.07. The zero-order chi connectivity index (χ0) is 12.5. The first-order chi connectivity index (χ1) is 8.79. The van der Waals surface area contributed by atoms with Crippen LogP contribution in [0.1, 0.15) is 10.5 Å². The fourth-order valence-corrected chi connectivity index (χ4v) is 2.07. The van der Waals surface area contributed by atoms with Crippen molar-refractivity contribution in [2.75, 3.05) is 0 Å². The Morgan fingerprint density at radius 1 is 1.11 bits per heavy atom. The number of para-hydroxylation sites is 1. The number of ketones is 1. The maximum Gasteiger partial charge on any atom is 0.241 e. The molecular formula is C14H10N2O2. The Morgan fingerprint density at radius 2 is 1.94 bits per heavy atom. The van der Waals surface area contributed by atoms with E-state index in [0.29, 0.717) is 12.0 Å². The number of nitrogens with one attached hydrogen (secondary N) is 2. The first-order valence-corrected chi connectivity index (χ1v) is 5.54. The summed E-state index contributed by atoms with van der Waals surface area (Å²) in [5.74, 6) is -0.541. The van der Waals surface area contributed by atoms with Crippen LogP contribution in [0.25, 0.3) is 22.0 Å². The maximum absolute atomic E-state index is 11.3. The van der Waals surface area contributed by atoms with E-state index < -0.39 is 5.78 Å². The van der Waals surface area contributed by atoms with Crippen LogP contribution in [0.15, 0.2) is 42.7 Å². The Bertz CT molecular complexity index is 737. The normalized spacial score (nSPS) is 10.7. The summed E-state index contributed by atoms with van der Waals surface area (Å²) in [4.78, 5) is 27.7. The van der Waals surface area contributed by atoms with Crippen molar-refractivity contribution in [2.24, 2.45) is 0 Å². The molecule has 88 valence electrons. The van der Waals surface area contributed by atoms with Crippen LogP contribution < -0.4 is 0 Å². The van der Waals surface area contributed by atoms with Gasteiger partial charge in [-0.3, -0.25) is 9.59 Å². The molecule has 4 heteroatoms. The predicted octanol–water partition coefficient (Wildman–Crippen LogP) is 2.54. The number of carbonyl (C=O) groups excluding carboxylic acids is 2. The number of hydrogen-bond acceptors (Lipinski definition) is 2. The molecule has 0 atom stereocenters. The van der Waals surface area contributed by atoms with Gasteiger partial charge in [-0.1, -0.05) is 18.2 Å². The number of rotatable bonds is 3. The van der Waals surface area contributed by atoms with Gasteiger partial charge in [0.2, 0.25) is 5.78 Å². The summed E-state index contributed by atoms with van der Waals surface area (Å²) < 4.78 is 0. The Morgan fingerprint density at radius 3 is 2.78 bits per heavy atom. The lowest BCUT2D eigenvalue weighted by Gasteiger charge is -1.93. The smallest absolute Gasteiger partial charge is 0.241 e. The van der Waals surface area contributed by atoms with Crippen molar-refractivity contribution in [3.05, 3.63) is 48.4 Å². The van der Waals surface area contributed by atoms with Gasteiger partial charge in [0.05, 0.1) is 5.69 Å². The highest BCUT2D eigenvalue weighted by atomic mass is 16.2. The number of H-pyrrole nitrogens is 2. The number of Topliss-reactive ketones (excluding diaryl/α,β-unsaturated/α-hetero) is 1. The Labute approximate surface area is 103 Å². The van der Waals surface area contributed by atoms with Gasteiger partial charge in [-0.25, -0.2) is 0 Å². The summed E-state index contributed by atoms with van der Waals surface area (Å²) >= 11 is 0. The first kappa shape index (κ1) is 10.5. The first-order valence-electron chi connectivity index (χ1n) is 5.54. The number of benzene rings is 1. The van der Waals surface area contributed by atoms with E-state index in [-0.39, 0.29) is 0 Å². The van der Waals surface area contributed by atoms with E-state index in [4.69, 9.17) is 0 Å². The number of aldehydes is 1. The molecule has 1 aromatic carbocycles. The monoisotopic (exact) mass is 238 g/mol. The highest BCUT2D eigenvalue weighted by Gasteiger charge is 2.11. The summed E-state index contributed by atoms with van der Waals surface area (Å²) in [5, 5.41) is 1.08. The third kappa shape index (κ3) is 1.55. The molecule has 0 saturated carbocycles. The summed E-state index contributed by atoms with van der Waals surface area (Å²) in [6.07, 6.45) is 3.93. The zero-order valence-corrected chi connectivity index (χ0v) is 9.44. The van der Waals surface area contributed by atoms with E-state index in [1.165, 1.54) is 0 Å². The molecule has 0 radical (unpaired) electrons. The van der Waals surface area contributed by atoms with Crippen LogP contribution in [0.2, 0.25) is 0 Å². The molecule has 3 aromatic rings. The van der Waals surface area contributed by atoms with Crippen molar-refractivity contribution in [2.45, 2.75) is 0 Å². The van der Waals surface area contributed by atoms with Crippen molar-refractivity contribution in [1.29, 1.82) is 0 Å².